The topological polar surface area (TPSA) is 83.2 Å². The maximum Gasteiger partial charge on any atom is 0.230 e. The lowest BCUT2D eigenvalue weighted by Crippen LogP contribution is -2.45. The summed E-state index contributed by atoms with van der Waals surface area (Å²) in [7, 11) is 1.97. The molecule has 0 saturated heterocycles. The summed E-state index contributed by atoms with van der Waals surface area (Å²) in [5.74, 6) is -1.01. The number of hydrogen-bond acceptors (Lipinski definition) is 4. The van der Waals surface area contributed by atoms with Crippen molar-refractivity contribution >= 4 is 28.6 Å². The van der Waals surface area contributed by atoms with E-state index in [2.05, 4.69) is 5.10 Å². The predicted molar refractivity (Wildman–Crippen MR) is 86.1 cm³/mol. The molecule has 122 valence electrons. The monoisotopic (exact) mass is 323 g/mol. The van der Waals surface area contributed by atoms with Crippen LogP contribution in [0.2, 0.25) is 0 Å². The van der Waals surface area contributed by atoms with Crippen LogP contribution in [-0.2, 0) is 23.2 Å². The van der Waals surface area contributed by atoms with E-state index in [0.717, 1.165) is 22.2 Å². The van der Waals surface area contributed by atoms with E-state index in [9.17, 15) is 14.7 Å². The van der Waals surface area contributed by atoms with Crippen molar-refractivity contribution in [2.75, 3.05) is 11.4 Å². The minimum atomic E-state index is -1.29. The van der Waals surface area contributed by atoms with Crippen molar-refractivity contribution in [3.05, 3.63) is 36.5 Å². The Morgan fingerprint density at radius 1 is 1.33 bits per heavy atom. The molecule has 0 spiro atoms. The molecule has 4 rings (SSSR count). The molecule has 1 amide bonds. The summed E-state index contributed by atoms with van der Waals surface area (Å²) in [6.45, 7) is -0.0119. The molecule has 0 N–H and O–H groups in total. The smallest absolute Gasteiger partial charge is 0.230 e. The highest BCUT2D eigenvalue weighted by atomic mass is 16.4. The minimum Gasteiger partial charge on any atom is -0.548 e. The highest BCUT2D eigenvalue weighted by Crippen LogP contribution is 2.33. The first-order valence-corrected chi connectivity index (χ1v) is 7.67. The minimum absolute atomic E-state index is 0.226. The SMILES string of the molecule is Cn1cc(-c2cc3n(n2)CCC(=O)N3CC(=O)[O-])c2ccccc21. The van der Waals surface area contributed by atoms with E-state index in [4.69, 9.17) is 0 Å². The number of para-hydroxylation sites is 1. The molecule has 1 aliphatic rings. The lowest BCUT2D eigenvalue weighted by molar-refractivity contribution is -0.303. The molecule has 24 heavy (non-hydrogen) atoms. The number of hydrogen-bond donors (Lipinski definition) is 0. The Hall–Kier alpha value is -3.09. The number of nitrogens with zero attached hydrogens (tertiary/aromatic N) is 4. The molecule has 0 fully saturated rings. The van der Waals surface area contributed by atoms with Crippen LogP contribution in [0.4, 0.5) is 5.82 Å². The van der Waals surface area contributed by atoms with E-state index >= 15 is 0 Å². The Morgan fingerprint density at radius 2 is 2.12 bits per heavy atom. The summed E-state index contributed by atoms with van der Waals surface area (Å²) < 4.78 is 3.70. The normalized spacial score (nSPS) is 14.2. The fraction of sp³-hybridized carbons (Fsp3) is 0.235. The molecule has 0 saturated carbocycles. The first kappa shape index (κ1) is 14.5. The summed E-state index contributed by atoms with van der Waals surface area (Å²) >= 11 is 0. The van der Waals surface area contributed by atoms with Gasteiger partial charge in [0.2, 0.25) is 5.91 Å². The molecule has 2 aromatic heterocycles. The molecule has 7 nitrogen and oxygen atoms in total. The third-order valence-corrected chi connectivity index (χ3v) is 4.33. The van der Waals surface area contributed by atoms with Gasteiger partial charge in [-0.25, -0.2) is 4.68 Å². The van der Waals surface area contributed by atoms with Crippen LogP contribution >= 0.6 is 0 Å². The zero-order valence-electron chi connectivity index (χ0n) is 13.1. The third kappa shape index (κ3) is 2.17. The quantitative estimate of drug-likeness (QED) is 0.704. The van der Waals surface area contributed by atoms with Crippen LogP contribution in [0, 0.1) is 0 Å². The fourth-order valence-electron chi connectivity index (χ4n) is 3.23. The molecule has 7 heteroatoms. The number of fused-ring (bicyclic) bond motifs is 2. The van der Waals surface area contributed by atoms with Gasteiger partial charge in [-0.3, -0.25) is 9.69 Å². The predicted octanol–water partition coefficient (Wildman–Crippen LogP) is 0.528. The standard InChI is InChI=1S/C17H16N4O3/c1-19-9-12(11-4-2-3-5-14(11)19)13-8-15-20(10-17(23)24)16(22)6-7-21(15)18-13/h2-5,8-9H,6-7,10H2,1H3,(H,23,24)/p-1. The molecule has 0 bridgehead atoms. The number of amides is 1. The molecule has 3 aromatic rings. The summed E-state index contributed by atoms with van der Waals surface area (Å²) in [4.78, 5) is 24.2. The number of aromatic nitrogens is 3. The number of anilines is 1. The van der Waals surface area contributed by atoms with Crippen LogP contribution in [0.5, 0.6) is 0 Å². The molecule has 3 heterocycles. The van der Waals surface area contributed by atoms with E-state index in [1.54, 1.807) is 10.7 Å². The zero-order valence-corrected chi connectivity index (χ0v) is 13.1. The Bertz CT molecular complexity index is 970. The van der Waals surface area contributed by atoms with E-state index in [0.29, 0.717) is 12.4 Å². The third-order valence-electron chi connectivity index (χ3n) is 4.33. The number of carboxylic acid groups (broad SMARTS) is 1. The number of rotatable bonds is 3. The number of carbonyl (C=O) groups excluding carboxylic acids is 2. The van der Waals surface area contributed by atoms with Crippen LogP contribution in [0.25, 0.3) is 22.2 Å². The first-order valence-electron chi connectivity index (χ1n) is 7.67. The number of aryl methyl sites for hydroxylation is 2. The molecule has 0 radical (unpaired) electrons. The zero-order chi connectivity index (χ0) is 16.8. The molecular weight excluding hydrogens is 308 g/mol. The van der Waals surface area contributed by atoms with Gasteiger partial charge in [0.15, 0.2) is 0 Å². The van der Waals surface area contributed by atoms with Crippen molar-refractivity contribution in [2.45, 2.75) is 13.0 Å². The van der Waals surface area contributed by atoms with Gasteiger partial charge in [0, 0.05) is 42.2 Å². The molecular formula is C17H15N4O3-. The van der Waals surface area contributed by atoms with Crippen molar-refractivity contribution in [2.24, 2.45) is 7.05 Å². The summed E-state index contributed by atoms with van der Waals surface area (Å²) in [6, 6.07) is 9.76. The van der Waals surface area contributed by atoms with Crippen LogP contribution < -0.4 is 10.0 Å². The molecule has 1 aromatic carbocycles. The van der Waals surface area contributed by atoms with Gasteiger partial charge in [-0.1, -0.05) is 18.2 Å². The van der Waals surface area contributed by atoms with Gasteiger partial charge in [-0.05, 0) is 6.07 Å². The van der Waals surface area contributed by atoms with E-state index < -0.39 is 12.5 Å². The lowest BCUT2D eigenvalue weighted by Gasteiger charge is -2.27. The summed E-state index contributed by atoms with van der Waals surface area (Å²) in [5.41, 5.74) is 2.76. The largest absolute Gasteiger partial charge is 0.548 e. The number of carbonyl (C=O) groups is 2. The number of aliphatic carboxylic acids is 1. The van der Waals surface area contributed by atoms with E-state index in [1.807, 2.05) is 42.1 Å². The first-order chi connectivity index (χ1) is 11.5. The van der Waals surface area contributed by atoms with Gasteiger partial charge < -0.3 is 14.5 Å². The second-order valence-electron chi connectivity index (χ2n) is 5.88. The van der Waals surface area contributed by atoms with Gasteiger partial charge in [-0.15, -0.1) is 0 Å². The van der Waals surface area contributed by atoms with Crippen LogP contribution in [0.15, 0.2) is 36.5 Å². The van der Waals surface area contributed by atoms with Crippen LogP contribution in [0.1, 0.15) is 6.42 Å². The second kappa shape index (κ2) is 5.23. The van der Waals surface area contributed by atoms with Crippen molar-refractivity contribution in [1.82, 2.24) is 14.3 Å². The van der Waals surface area contributed by atoms with Gasteiger partial charge in [-0.2, -0.15) is 5.10 Å². The highest BCUT2D eigenvalue weighted by Gasteiger charge is 2.27. The maximum absolute atomic E-state index is 12.0. The molecule has 0 atom stereocenters. The van der Waals surface area contributed by atoms with Gasteiger partial charge in [0.1, 0.15) is 5.82 Å². The van der Waals surface area contributed by atoms with Crippen molar-refractivity contribution in [3.63, 3.8) is 0 Å². The maximum atomic E-state index is 12.0. The van der Waals surface area contributed by atoms with Crippen molar-refractivity contribution in [1.29, 1.82) is 0 Å². The van der Waals surface area contributed by atoms with Crippen LogP contribution in [-0.4, -0.2) is 32.8 Å². The highest BCUT2D eigenvalue weighted by molar-refractivity contribution is 5.99. The summed E-state index contributed by atoms with van der Waals surface area (Å²) in [6.07, 6.45) is 2.22. The van der Waals surface area contributed by atoms with Crippen molar-refractivity contribution in [3.8, 4) is 11.3 Å². The Balaban J connectivity index is 1.84. The molecule has 1 aliphatic heterocycles. The lowest BCUT2D eigenvalue weighted by atomic mass is 10.1. The van der Waals surface area contributed by atoms with Gasteiger partial charge in [0.05, 0.1) is 24.8 Å². The van der Waals surface area contributed by atoms with Crippen LogP contribution in [0.3, 0.4) is 0 Å². The Labute approximate surface area is 137 Å². The Morgan fingerprint density at radius 3 is 2.92 bits per heavy atom. The van der Waals surface area contributed by atoms with E-state index in [1.165, 1.54) is 4.90 Å². The average Bonchev–Trinajstić information content (AvgIpc) is 3.12. The fourth-order valence-corrected chi connectivity index (χ4v) is 3.23. The van der Waals surface area contributed by atoms with Crippen molar-refractivity contribution < 1.29 is 14.7 Å². The molecule has 0 unspecified atom stereocenters. The molecule has 0 aliphatic carbocycles. The second-order valence-corrected chi connectivity index (χ2v) is 5.88. The summed E-state index contributed by atoms with van der Waals surface area (Å²) in [5, 5.41) is 16.6. The van der Waals surface area contributed by atoms with Gasteiger partial charge in [0.25, 0.3) is 0 Å². The number of carboxylic acids is 1. The van der Waals surface area contributed by atoms with Gasteiger partial charge >= 0.3 is 0 Å². The average molecular weight is 323 g/mol. The number of benzene rings is 1. The Kier molecular flexibility index (Phi) is 3.16. The van der Waals surface area contributed by atoms with E-state index in [-0.39, 0.29) is 12.3 Å².